The van der Waals surface area contributed by atoms with Crippen molar-refractivity contribution in [3.8, 4) is 0 Å². The van der Waals surface area contributed by atoms with E-state index in [0.717, 1.165) is 11.1 Å². The zero-order valence-electron chi connectivity index (χ0n) is 20.9. The predicted molar refractivity (Wildman–Crippen MR) is 139 cm³/mol. The molecule has 0 aliphatic carbocycles. The number of fused-ring (bicyclic) bond motifs is 1. The molecule has 190 valence electrons. The first kappa shape index (κ1) is 24.9. The van der Waals surface area contributed by atoms with Crippen molar-refractivity contribution in [2.24, 2.45) is 10.5 Å². The van der Waals surface area contributed by atoms with Crippen LogP contribution in [0.15, 0.2) is 89.7 Å². The summed E-state index contributed by atoms with van der Waals surface area (Å²) in [6, 6.07) is 21.2. The van der Waals surface area contributed by atoms with Crippen molar-refractivity contribution < 1.29 is 19.1 Å². The Morgan fingerprint density at radius 2 is 1.71 bits per heavy atom. The molecule has 0 N–H and O–H groups in total. The molecule has 2 saturated heterocycles. The molecule has 2 aromatic carbocycles. The zero-order valence-corrected chi connectivity index (χ0v) is 20.9. The highest BCUT2D eigenvalue weighted by atomic mass is 16.5. The van der Waals surface area contributed by atoms with E-state index >= 15 is 0 Å². The Hall–Kier alpha value is -4.75. The summed E-state index contributed by atoms with van der Waals surface area (Å²) in [6.07, 6.45) is 2.98. The van der Waals surface area contributed by atoms with E-state index in [4.69, 9.17) is 10.3 Å². The molecule has 2 aliphatic rings. The molecule has 1 unspecified atom stereocenters. The summed E-state index contributed by atoms with van der Waals surface area (Å²) in [4.78, 5) is 46.9. The van der Waals surface area contributed by atoms with E-state index in [1.165, 1.54) is 12.3 Å². The Morgan fingerprint density at radius 3 is 2.26 bits per heavy atom. The van der Waals surface area contributed by atoms with Crippen molar-refractivity contribution in [1.29, 1.82) is 0 Å². The molecule has 2 fully saturated rings. The maximum absolute atomic E-state index is 13.7. The molecule has 0 bridgehead atoms. The summed E-state index contributed by atoms with van der Waals surface area (Å²) in [5.74, 6) is -1.41. The van der Waals surface area contributed by atoms with Gasteiger partial charge in [0.2, 0.25) is 0 Å². The van der Waals surface area contributed by atoms with Gasteiger partial charge in [-0.2, -0.15) is 0 Å². The first-order valence-corrected chi connectivity index (χ1v) is 12.2. The number of carbonyl (C=O) groups is 3. The zero-order chi connectivity index (χ0) is 26.9. The fraction of sp³-hybridized carbons (Fsp3) is 0.241. The molecule has 0 spiro atoms. The van der Waals surface area contributed by atoms with Crippen LogP contribution in [-0.4, -0.2) is 39.8 Å². The van der Waals surface area contributed by atoms with Crippen LogP contribution in [0, 0.1) is 5.41 Å². The van der Waals surface area contributed by atoms with Crippen LogP contribution in [0.5, 0.6) is 0 Å². The monoisotopic (exact) mass is 507 g/mol. The Bertz CT molecular complexity index is 1420. The van der Waals surface area contributed by atoms with Crippen LogP contribution < -0.4 is 0 Å². The topological polar surface area (TPSA) is 125 Å². The van der Waals surface area contributed by atoms with Crippen molar-refractivity contribution in [2.75, 3.05) is 0 Å². The van der Waals surface area contributed by atoms with E-state index in [1.807, 2.05) is 74.5 Å². The van der Waals surface area contributed by atoms with E-state index in [0.29, 0.717) is 17.7 Å². The molecular weight excluding hydrogens is 482 g/mol. The lowest BCUT2D eigenvalue weighted by atomic mass is 9.83. The molecule has 0 saturated carbocycles. The minimum absolute atomic E-state index is 0.155. The van der Waals surface area contributed by atoms with Gasteiger partial charge in [-0.3, -0.25) is 14.6 Å². The summed E-state index contributed by atoms with van der Waals surface area (Å²) >= 11 is 0. The fourth-order valence-electron chi connectivity index (χ4n) is 5.24. The Kier molecular flexibility index (Phi) is 6.53. The minimum Gasteiger partial charge on any atom is -0.451 e. The number of hydrogen-bond donors (Lipinski definition) is 0. The third-order valence-corrected chi connectivity index (χ3v) is 7.05. The van der Waals surface area contributed by atoms with Crippen LogP contribution in [0.4, 0.5) is 0 Å². The third kappa shape index (κ3) is 4.55. The van der Waals surface area contributed by atoms with Gasteiger partial charge in [0, 0.05) is 22.2 Å². The Morgan fingerprint density at radius 1 is 1.08 bits per heavy atom. The molecule has 38 heavy (non-hydrogen) atoms. The molecule has 9 nitrogen and oxygen atoms in total. The van der Waals surface area contributed by atoms with Gasteiger partial charge in [0.25, 0.3) is 11.8 Å². The second kappa shape index (κ2) is 9.95. The van der Waals surface area contributed by atoms with Gasteiger partial charge in [0.1, 0.15) is 6.04 Å². The molecule has 3 aromatic rings. The van der Waals surface area contributed by atoms with E-state index in [1.54, 1.807) is 17.0 Å². The number of nitrogens with zero attached hydrogens (tertiary/aromatic N) is 5. The number of benzene rings is 2. The van der Waals surface area contributed by atoms with Crippen LogP contribution >= 0.6 is 0 Å². The van der Waals surface area contributed by atoms with E-state index < -0.39 is 29.4 Å². The number of azide groups is 1. The van der Waals surface area contributed by atoms with Gasteiger partial charge >= 0.3 is 5.97 Å². The van der Waals surface area contributed by atoms with Gasteiger partial charge in [0.15, 0.2) is 6.10 Å². The van der Waals surface area contributed by atoms with Gasteiger partial charge in [-0.25, -0.2) is 4.79 Å². The highest BCUT2D eigenvalue weighted by Gasteiger charge is 2.61. The summed E-state index contributed by atoms with van der Waals surface area (Å²) < 4.78 is 6.12. The van der Waals surface area contributed by atoms with Crippen molar-refractivity contribution in [2.45, 2.75) is 38.5 Å². The smallest absolute Gasteiger partial charge is 0.330 e. The molecule has 3 heterocycles. The summed E-state index contributed by atoms with van der Waals surface area (Å²) in [5.41, 5.74) is 10.8. The number of carbonyl (C=O) groups excluding carboxylic acids is 3. The maximum Gasteiger partial charge on any atom is 0.330 e. The molecule has 5 rings (SSSR count). The maximum atomic E-state index is 13.7. The number of rotatable bonds is 6. The van der Waals surface area contributed by atoms with Gasteiger partial charge in [-0.15, -0.1) is 0 Å². The number of amides is 2. The van der Waals surface area contributed by atoms with Crippen molar-refractivity contribution in [3.63, 3.8) is 0 Å². The van der Waals surface area contributed by atoms with Crippen LogP contribution in [-0.2, 0) is 14.3 Å². The lowest BCUT2D eigenvalue weighted by Crippen LogP contribution is -2.58. The van der Waals surface area contributed by atoms with E-state index in [-0.39, 0.29) is 17.5 Å². The average molecular weight is 508 g/mol. The first-order valence-electron chi connectivity index (χ1n) is 12.2. The van der Waals surface area contributed by atoms with E-state index in [9.17, 15) is 14.4 Å². The number of pyridine rings is 1. The van der Waals surface area contributed by atoms with E-state index in [2.05, 4.69) is 15.0 Å². The lowest BCUT2D eigenvalue weighted by Gasteiger charge is -2.41. The molecule has 2 aliphatic heterocycles. The largest absolute Gasteiger partial charge is 0.451 e. The molecule has 2 atom stereocenters. The molecule has 0 radical (unpaired) electrons. The van der Waals surface area contributed by atoms with Gasteiger partial charge in [-0.1, -0.05) is 74.5 Å². The van der Waals surface area contributed by atoms with Crippen molar-refractivity contribution >= 4 is 23.9 Å². The first-order chi connectivity index (χ1) is 18.3. The van der Waals surface area contributed by atoms with Gasteiger partial charge in [0.05, 0.1) is 11.7 Å². The quantitative estimate of drug-likeness (QED) is 0.112. The molecule has 1 aromatic heterocycles. The van der Waals surface area contributed by atoms with Crippen molar-refractivity contribution in [1.82, 2.24) is 9.88 Å². The highest BCUT2D eigenvalue weighted by Crippen LogP contribution is 2.50. The highest BCUT2D eigenvalue weighted by molar-refractivity contribution is 6.08. The molecule has 9 heteroatoms. The van der Waals surface area contributed by atoms with Crippen LogP contribution in [0.3, 0.4) is 0 Å². The summed E-state index contributed by atoms with van der Waals surface area (Å²) in [7, 11) is 0. The van der Waals surface area contributed by atoms with Gasteiger partial charge in [-0.05, 0) is 51.8 Å². The second-order valence-electron chi connectivity index (χ2n) is 10.0. The third-order valence-electron chi connectivity index (χ3n) is 7.05. The number of aromatic nitrogens is 1. The SMILES string of the molecule is CC1(C)CC2/C(=C\c3ccc(C(=O)N=[N+]=[N-])cn3)C(=O)N2[C@H]1C(=O)OC(c1ccccc1)c1ccccc1. The average Bonchev–Trinajstić information content (AvgIpc) is 3.19. The Balaban J connectivity index is 1.38. The predicted octanol–water partition coefficient (Wildman–Crippen LogP) is 5.26. The second-order valence-corrected chi connectivity index (χ2v) is 10.0. The van der Waals surface area contributed by atoms with Crippen LogP contribution in [0.1, 0.15) is 53.6 Å². The standard InChI is InChI=1S/C29H25N5O4/c1-29(2)16-23-22(15-21-14-13-20(17-31-21)26(35)32-33-30)27(36)34(23)25(29)28(37)38-24(18-9-5-3-6-10-18)19-11-7-4-8-12-19/h3-15,17,23-25H,16H2,1-2H3/b22-15+/t23?,25-/m0/s1. The minimum atomic E-state index is -0.733. The molecular formula is C29H25N5O4. The normalized spacial score (nSPS) is 20.4. The molecule has 2 amide bonds. The fourth-order valence-corrected chi connectivity index (χ4v) is 5.24. The Labute approximate surface area is 219 Å². The number of hydrogen-bond acceptors (Lipinski definition) is 5. The lowest BCUT2D eigenvalue weighted by molar-refractivity contribution is -0.162. The van der Waals surface area contributed by atoms with Gasteiger partial charge < -0.3 is 9.64 Å². The number of β-lactam (4-membered cyclic amide) rings is 1. The number of esters is 1. The van der Waals surface area contributed by atoms with Crippen LogP contribution in [0.25, 0.3) is 16.5 Å². The van der Waals surface area contributed by atoms with Crippen LogP contribution in [0.2, 0.25) is 0 Å². The summed E-state index contributed by atoms with van der Waals surface area (Å²) in [5, 5.41) is 3.05. The van der Waals surface area contributed by atoms with Crippen molar-refractivity contribution in [3.05, 3.63) is 117 Å². The summed E-state index contributed by atoms with van der Waals surface area (Å²) in [6.45, 7) is 3.94. The number of ether oxygens (including phenoxy) is 1.